The number of nitrogens with zero attached hydrogens (tertiary/aromatic N) is 2. The molecule has 1 aliphatic heterocycles. The minimum Gasteiger partial charge on any atom is -0.480 e. The molecule has 20 heavy (non-hydrogen) atoms. The first-order valence-electron chi connectivity index (χ1n) is 7.22. The molecule has 1 fully saturated rings. The van der Waals surface area contributed by atoms with E-state index in [0.717, 1.165) is 26.2 Å². The third kappa shape index (κ3) is 3.58. The van der Waals surface area contributed by atoms with Crippen LogP contribution in [-0.4, -0.2) is 53.6 Å². The summed E-state index contributed by atoms with van der Waals surface area (Å²) in [4.78, 5) is 15.2. The molecule has 1 aromatic carbocycles. The lowest BCUT2D eigenvalue weighted by Gasteiger charge is -2.38. The van der Waals surface area contributed by atoms with Crippen molar-refractivity contribution in [2.45, 2.75) is 26.8 Å². The zero-order valence-electron chi connectivity index (χ0n) is 12.6. The van der Waals surface area contributed by atoms with Crippen molar-refractivity contribution in [3.8, 4) is 0 Å². The van der Waals surface area contributed by atoms with Gasteiger partial charge in [-0.15, -0.1) is 0 Å². The van der Waals surface area contributed by atoms with E-state index in [9.17, 15) is 4.79 Å². The number of aryl methyl sites for hydroxylation is 2. The van der Waals surface area contributed by atoms with Crippen molar-refractivity contribution in [2.75, 3.05) is 32.7 Å². The van der Waals surface area contributed by atoms with E-state index >= 15 is 0 Å². The first kappa shape index (κ1) is 15.0. The second-order valence-electron chi connectivity index (χ2n) is 5.74. The summed E-state index contributed by atoms with van der Waals surface area (Å²) in [7, 11) is 0. The first-order chi connectivity index (χ1) is 9.47. The lowest BCUT2D eigenvalue weighted by Crippen LogP contribution is -2.48. The average molecular weight is 276 g/mol. The van der Waals surface area contributed by atoms with Gasteiger partial charge < -0.3 is 5.11 Å². The monoisotopic (exact) mass is 276 g/mol. The van der Waals surface area contributed by atoms with Crippen LogP contribution in [0.5, 0.6) is 0 Å². The Morgan fingerprint density at radius 3 is 2.45 bits per heavy atom. The van der Waals surface area contributed by atoms with Crippen molar-refractivity contribution < 1.29 is 9.90 Å². The van der Waals surface area contributed by atoms with Crippen LogP contribution in [0.15, 0.2) is 18.2 Å². The molecule has 0 aromatic heterocycles. The highest BCUT2D eigenvalue weighted by Crippen LogP contribution is 2.25. The molecule has 0 aliphatic carbocycles. The molecule has 4 nitrogen and oxygen atoms in total. The van der Waals surface area contributed by atoms with E-state index in [1.807, 2.05) is 4.90 Å². The van der Waals surface area contributed by atoms with Crippen LogP contribution in [0.25, 0.3) is 0 Å². The first-order valence-corrected chi connectivity index (χ1v) is 7.22. The maximum absolute atomic E-state index is 10.7. The minimum atomic E-state index is -0.735. The largest absolute Gasteiger partial charge is 0.480 e. The molecule has 0 radical (unpaired) electrons. The van der Waals surface area contributed by atoms with Gasteiger partial charge in [-0.2, -0.15) is 0 Å². The fourth-order valence-electron chi connectivity index (χ4n) is 2.99. The molecule has 1 atom stereocenters. The van der Waals surface area contributed by atoms with E-state index in [1.165, 1.54) is 16.7 Å². The van der Waals surface area contributed by atoms with Gasteiger partial charge in [0.25, 0.3) is 0 Å². The Morgan fingerprint density at radius 2 is 1.90 bits per heavy atom. The normalized spacial score (nSPS) is 18.9. The number of aliphatic carboxylic acids is 1. The molecule has 1 unspecified atom stereocenters. The molecule has 1 aliphatic rings. The molecule has 1 aromatic rings. The van der Waals surface area contributed by atoms with Gasteiger partial charge in [-0.25, -0.2) is 0 Å². The molecule has 110 valence electrons. The van der Waals surface area contributed by atoms with Gasteiger partial charge in [0.2, 0.25) is 0 Å². The third-order valence-corrected chi connectivity index (χ3v) is 4.19. The van der Waals surface area contributed by atoms with E-state index in [0.29, 0.717) is 6.04 Å². The second-order valence-corrected chi connectivity index (χ2v) is 5.74. The van der Waals surface area contributed by atoms with Crippen LogP contribution >= 0.6 is 0 Å². The Bertz CT molecular complexity index is 479. The molecule has 0 amide bonds. The molecule has 4 heteroatoms. The van der Waals surface area contributed by atoms with Gasteiger partial charge in [-0.3, -0.25) is 14.6 Å². The lowest BCUT2D eigenvalue weighted by molar-refractivity contribution is -0.138. The summed E-state index contributed by atoms with van der Waals surface area (Å²) in [5.41, 5.74) is 4.01. The Kier molecular flexibility index (Phi) is 4.78. The highest BCUT2D eigenvalue weighted by atomic mass is 16.4. The van der Waals surface area contributed by atoms with Gasteiger partial charge in [-0.05, 0) is 31.9 Å². The number of benzene rings is 1. The van der Waals surface area contributed by atoms with Crippen molar-refractivity contribution in [1.29, 1.82) is 0 Å². The molecular weight excluding hydrogens is 252 g/mol. The van der Waals surface area contributed by atoms with Crippen LogP contribution < -0.4 is 0 Å². The zero-order chi connectivity index (χ0) is 14.7. The van der Waals surface area contributed by atoms with E-state index in [-0.39, 0.29) is 6.54 Å². The average Bonchev–Trinajstić information content (AvgIpc) is 2.38. The number of carboxylic acid groups (broad SMARTS) is 1. The summed E-state index contributed by atoms with van der Waals surface area (Å²) in [6.45, 7) is 10.2. The van der Waals surface area contributed by atoms with Crippen LogP contribution in [0.3, 0.4) is 0 Å². The highest BCUT2D eigenvalue weighted by molar-refractivity contribution is 5.69. The maximum atomic E-state index is 10.7. The van der Waals surface area contributed by atoms with Gasteiger partial charge in [-0.1, -0.05) is 23.8 Å². The quantitative estimate of drug-likeness (QED) is 0.914. The van der Waals surface area contributed by atoms with Gasteiger partial charge in [0.1, 0.15) is 0 Å². The molecule has 0 spiro atoms. The maximum Gasteiger partial charge on any atom is 0.317 e. The number of carbonyl (C=O) groups is 1. The number of hydrogen-bond donors (Lipinski definition) is 1. The van der Waals surface area contributed by atoms with E-state index < -0.39 is 5.97 Å². The van der Waals surface area contributed by atoms with Gasteiger partial charge in [0.05, 0.1) is 6.54 Å². The summed E-state index contributed by atoms with van der Waals surface area (Å²) in [6.07, 6.45) is 0. The summed E-state index contributed by atoms with van der Waals surface area (Å²) < 4.78 is 0. The summed E-state index contributed by atoms with van der Waals surface area (Å²) in [6, 6.07) is 7.01. The number of piperazine rings is 1. The second kappa shape index (κ2) is 6.37. The molecule has 1 heterocycles. The van der Waals surface area contributed by atoms with Crippen LogP contribution in [0.1, 0.15) is 29.7 Å². The van der Waals surface area contributed by atoms with Crippen LogP contribution in [0, 0.1) is 13.8 Å². The lowest BCUT2D eigenvalue weighted by atomic mass is 9.99. The predicted octanol–water partition coefficient (Wildman–Crippen LogP) is 2.07. The molecule has 0 bridgehead atoms. The Morgan fingerprint density at radius 1 is 1.25 bits per heavy atom. The van der Waals surface area contributed by atoms with E-state index in [2.05, 4.69) is 43.9 Å². The number of hydrogen-bond acceptors (Lipinski definition) is 3. The molecule has 1 N–H and O–H groups in total. The predicted molar refractivity (Wildman–Crippen MR) is 80.0 cm³/mol. The van der Waals surface area contributed by atoms with Crippen molar-refractivity contribution in [3.05, 3.63) is 34.9 Å². The standard InChI is InChI=1S/C16H24N2O2/c1-12-4-5-15(13(2)10-12)14(3)18-8-6-17(7-9-18)11-16(19)20/h4-5,10,14H,6-9,11H2,1-3H3,(H,19,20). The number of carboxylic acids is 1. The number of rotatable bonds is 4. The smallest absolute Gasteiger partial charge is 0.317 e. The molecule has 2 rings (SSSR count). The van der Waals surface area contributed by atoms with E-state index in [1.54, 1.807) is 0 Å². The van der Waals surface area contributed by atoms with Crippen LogP contribution in [-0.2, 0) is 4.79 Å². The highest BCUT2D eigenvalue weighted by Gasteiger charge is 2.23. The Hall–Kier alpha value is -1.39. The fourth-order valence-corrected chi connectivity index (χ4v) is 2.99. The van der Waals surface area contributed by atoms with Crippen molar-refractivity contribution in [1.82, 2.24) is 9.80 Å². The molecule has 0 saturated carbocycles. The molecule has 1 saturated heterocycles. The SMILES string of the molecule is Cc1ccc(C(C)N2CCN(CC(=O)O)CC2)c(C)c1. The van der Waals surface area contributed by atoms with Crippen molar-refractivity contribution in [2.24, 2.45) is 0 Å². The third-order valence-electron chi connectivity index (χ3n) is 4.19. The Balaban J connectivity index is 1.97. The van der Waals surface area contributed by atoms with E-state index in [4.69, 9.17) is 5.11 Å². The van der Waals surface area contributed by atoms with Crippen molar-refractivity contribution in [3.63, 3.8) is 0 Å². The minimum absolute atomic E-state index is 0.159. The summed E-state index contributed by atoms with van der Waals surface area (Å²) >= 11 is 0. The summed E-state index contributed by atoms with van der Waals surface area (Å²) in [5, 5.41) is 8.83. The Labute approximate surface area is 121 Å². The van der Waals surface area contributed by atoms with Crippen molar-refractivity contribution >= 4 is 5.97 Å². The fraction of sp³-hybridized carbons (Fsp3) is 0.562. The molecular formula is C16H24N2O2. The zero-order valence-corrected chi connectivity index (χ0v) is 12.6. The van der Waals surface area contributed by atoms with Crippen LogP contribution in [0.2, 0.25) is 0 Å². The topological polar surface area (TPSA) is 43.8 Å². The van der Waals surface area contributed by atoms with Gasteiger partial charge >= 0.3 is 5.97 Å². The summed E-state index contributed by atoms with van der Waals surface area (Å²) in [5.74, 6) is -0.735. The van der Waals surface area contributed by atoms with Gasteiger partial charge in [0, 0.05) is 32.2 Å². The van der Waals surface area contributed by atoms with Gasteiger partial charge in [0.15, 0.2) is 0 Å². The van der Waals surface area contributed by atoms with Crippen LogP contribution in [0.4, 0.5) is 0 Å².